The molecule has 8 nitrogen and oxygen atoms in total. The summed E-state index contributed by atoms with van der Waals surface area (Å²) in [5.74, 6) is 0.395. The van der Waals surface area contributed by atoms with Gasteiger partial charge in [0.2, 0.25) is 0 Å². The van der Waals surface area contributed by atoms with Crippen LogP contribution >= 0.6 is 0 Å². The summed E-state index contributed by atoms with van der Waals surface area (Å²) >= 11 is 0. The van der Waals surface area contributed by atoms with Gasteiger partial charge in [0.15, 0.2) is 0 Å². The van der Waals surface area contributed by atoms with Gasteiger partial charge in [-0.1, -0.05) is 41.6 Å². The van der Waals surface area contributed by atoms with Gasteiger partial charge in [-0.2, -0.15) is 0 Å². The molecule has 0 fully saturated rings. The van der Waals surface area contributed by atoms with Gasteiger partial charge in [-0.05, 0) is 73.6 Å². The Morgan fingerprint density at radius 3 is 2.77 bits per heavy atom. The van der Waals surface area contributed by atoms with E-state index in [0.717, 1.165) is 59.4 Å². The third-order valence-corrected chi connectivity index (χ3v) is 8.48. The van der Waals surface area contributed by atoms with Gasteiger partial charge in [-0.15, -0.1) is 5.10 Å². The van der Waals surface area contributed by atoms with E-state index in [0.29, 0.717) is 5.75 Å². The highest BCUT2D eigenvalue weighted by Crippen LogP contribution is 2.43. The molecule has 0 bridgehead atoms. The number of hydrogen-bond acceptors (Lipinski definition) is 6. The highest BCUT2D eigenvalue weighted by atomic mass is 16.5. The molecule has 0 spiro atoms. The van der Waals surface area contributed by atoms with Crippen molar-refractivity contribution in [3.63, 3.8) is 0 Å². The van der Waals surface area contributed by atoms with Crippen LogP contribution in [0.3, 0.4) is 0 Å². The molecule has 2 unspecified atom stereocenters. The highest BCUT2D eigenvalue weighted by molar-refractivity contribution is 5.86. The van der Waals surface area contributed by atoms with Crippen LogP contribution in [-0.4, -0.2) is 50.2 Å². The van der Waals surface area contributed by atoms with Crippen LogP contribution in [0, 0.1) is 6.92 Å². The number of rotatable bonds is 6. The Bertz CT molecular complexity index is 1610. The van der Waals surface area contributed by atoms with E-state index >= 15 is 0 Å². The summed E-state index contributed by atoms with van der Waals surface area (Å²) < 4.78 is 13.8. The molecular formula is C32H36N4O4. The lowest BCUT2D eigenvalue weighted by molar-refractivity contribution is -0.137. The van der Waals surface area contributed by atoms with Crippen molar-refractivity contribution in [2.24, 2.45) is 7.05 Å². The van der Waals surface area contributed by atoms with E-state index < -0.39 is 5.97 Å². The molecule has 4 aromatic rings. The first-order chi connectivity index (χ1) is 19.1. The SMILES string of the molecule is COc1cc(C(CC(=O)O)c2ccc3c(c2)C(N2Cc4ccccc4OC(C)(C)C2)CC3)c(C)c2nnn(C)c12. The molecule has 40 heavy (non-hydrogen) atoms. The molecule has 0 amide bonds. The number of ether oxygens (including phenoxy) is 2. The number of methoxy groups -OCH3 is 1. The van der Waals surface area contributed by atoms with E-state index in [4.69, 9.17) is 9.47 Å². The summed E-state index contributed by atoms with van der Waals surface area (Å²) in [4.78, 5) is 14.7. The Balaban J connectivity index is 1.42. The molecule has 1 aromatic heterocycles. The topological polar surface area (TPSA) is 89.7 Å². The predicted molar refractivity (Wildman–Crippen MR) is 153 cm³/mol. The van der Waals surface area contributed by atoms with Gasteiger partial charge in [-0.25, -0.2) is 4.68 Å². The molecule has 1 aliphatic carbocycles. The second-order valence-electron chi connectivity index (χ2n) is 11.7. The molecule has 0 radical (unpaired) electrons. The van der Waals surface area contributed by atoms with Gasteiger partial charge in [0.05, 0.1) is 13.5 Å². The van der Waals surface area contributed by atoms with Crippen LogP contribution in [0.5, 0.6) is 11.5 Å². The van der Waals surface area contributed by atoms with Crippen molar-refractivity contribution in [1.29, 1.82) is 0 Å². The summed E-state index contributed by atoms with van der Waals surface area (Å²) in [5.41, 5.74) is 7.84. The molecular weight excluding hydrogens is 504 g/mol. The second kappa shape index (κ2) is 9.93. The van der Waals surface area contributed by atoms with E-state index in [9.17, 15) is 9.90 Å². The van der Waals surface area contributed by atoms with Crippen LogP contribution in [-0.2, 0) is 24.8 Å². The molecule has 208 valence electrons. The Morgan fingerprint density at radius 1 is 1.20 bits per heavy atom. The van der Waals surface area contributed by atoms with E-state index in [1.54, 1.807) is 11.8 Å². The number of aromatic nitrogens is 3. The zero-order chi connectivity index (χ0) is 28.2. The van der Waals surface area contributed by atoms with E-state index in [-0.39, 0.29) is 24.0 Å². The molecule has 3 aromatic carbocycles. The molecule has 0 saturated heterocycles. The molecule has 6 rings (SSSR count). The Kier molecular flexibility index (Phi) is 6.53. The smallest absolute Gasteiger partial charge is 0.304 e. The molecule has 8 heteroatoms. The lowest BCUT2D eigenvalue weighted by Crippen LogP contribution is -2.41. The monoisotopic (exact) mass is 540 g/mol. The number of fused-ring (bicyclic) bond motifs is 3. The van der Waals surface area contributed by atoms with Crippen molar-refractivity contribution in [2.75, 3.05) is 13.7 Å². The second-order valence-corrected chi connectivity index (χ2v) is 11.7. The maximum Gasteiger partial charge on any atom is 0.304 e. The lowest BCUT2D eigenvalue weighted by Gasteiger charge is -2.34. The number of carboxylic acid groups (broad SMARTS) is 1. The average Bonchev–Trinajstić information content (AvgIpc) is 3.48. The normalized spacial score (nSPS) is 19.0. The van der Waals surface area contributed by atoms with Gasteiger partial charge in [0.1, 0.15) is 28.1 Å². The molecule has 2 aliphatic rings. The maximum atomic E-state index is 12.2. The number of hydrogen-bond donors (Lipinski definition) is 1. The van der Waals surface area contributed by atoms with Crippen LogP contribution in [0.1, 0.15) is 72.0 Å². The fourth-order valence-corrected chi connectivity index (χ4v) is 6.68. The van der Waals surface area contributed by atoms with Crippen molar-refractivity contribution in [3.8, 4) is 11.5 Å². The van der Waals surface area contributed by atoms with Crippen molar-refractivity contribution in [2.45, 2.75) is 64.1 Å². The van der Waals surface area contributed by atoms with Crippen LogP contribution < -0.4 is 9.47 Å². The quantitative estimate of drug-likeness (QED) is 0.343. The van der Waals surface area contributed by atoms with Crippen molar-refractivity contribution < 1.29 is 19.4 Å². The Labute approximate surface area is 234 Å². The van der Waals surface area contributed by atoms with Gasteiger partial charge < -0.3 is 14.6 Å². The van der Waals surface area contributed by atoms with Gasteiger partial charge in [0, 0.05) is 37.7 Å². The van der Waals surface area contributed by atoms with Gasteiger partial charge >= 0.3 is 5.97 Å². The van der Waals surface area contributed by atoms with Crippen LogP contribution in [0.4, 0.5) is 0 Å². The maximum absolute atomic E-state index is 12.2. The van der Waals surface area contributed by atoms with Crippen LogP contribution in [0.15, 0.2) is 48.5 Å². The Morgan fingerprint density at radius 2 is 2.00 bits per heavy atom. The van der Waals surface area contributed by atoms with Crippen molar-refractivity contribution in [3.05, 3.63) is 81.9 Å². The fraction of sp³-hybridized carbons (Fsp3) is 0.406. The lowest BCUT2D eigenvalue weighted by atomic mass is 9.84. The highest BCUT2D eigenvalue weighted by Gasteiger charge is 2.36. The van der Waals surface area contributed by atoms with Gasteiger partial charge in [-0.3, -0.25) is 9.69 Å². The standard InChI is InChI=1S/C32H36N4O4/c1-19-23(15-28(39-5)31-30(19)33-34-35(31)4)24(16-29(37)38)21-11-10-20-12-13-26(25(20)14-21)36-17-22-8-6-7-9-27(22)40-32(2,3)18-36/h6-11,14-15,24,26H,12-13,16-18H2,1-5H3,(H,37,38). The molecule has 1 N–H and O–H groups in total. The molecule has 2 heterocycles. The number of aliphatic carboxylic acids is 1. The van der Waals surface area contributed by atoms with E-state index in [1.807, 2.05) is 26.1 Å². The summed E-state index contributed by atoms with van der Waals surface area (Å²) in [6.07, 6.45) is 2.00. The molecule has 2 atom stereocenters. The number of aryl methyl sites for hydroxylation is 3. The third-order valence-electron chi connectivity index (χ3n) is 8.48. The van der Waals surface area contributed by atoms with Crippen molar-refractivity contribution >= 4 is 17.0 Å². The first-order valence-corrected chi connectivity index (χ1v) is 13.9. The minimum absolute atomic E-state index is 0.0306. The van der Waals surface area contributed by atoms with Crippen LogP contribution in [0.25, 0.3) is 11.0 Å². The molecule has 0 saturated carbocycles. The summed E-state index contributed by atoms with van der Waals surface area (Å²) in [7, 11) is 3.46. The Hall–Kier alpha value is -3.91. The minimum Gasteiger partial charge on any atom is -0.494 e. The summed E-state index contributed by atoms with van der Waals surface area (Å²) in [5, 5.41) is 18.6. The summed E-state index contributed by atoms with van der Waals surface area (Å²) in [6.45, 7) is 7.90. The first kappa shape index (κ1) is 26.3. The summed E-state index contributed by atoms with van der Waals surface area (Å²) in [6, 6.07) is 17.0. The predicted octanol–water partition coefficient (Wildman–Crippen LogP) is 5.55. The number of para-hydroxylation sites is 1. The number of benzene rings is 3. The van der Waals surface area contributed by atoms with Crippen molar-refractivity contribution in [1.82, 2.24) is 19.9 Å². The fourth-order valence-electron chi connectivity index (χ4n) is 6.68. The minimum atomic E-state index is -0.845. The van der Waals surface area contributed by atoms with E-state index in [1.165, 1.54) is 16.7 Å². The number of nitrogens with zero attached hydrogens (tertiary/aromatic N) is 4. The zero-order valence-electron chi connectivity index (χ0n) is 23.8. The third kappa shape index (κ3) is 4.60. The van der Waals surface area contributed by atoms with Crippen LogP contribution in [0.2, 0.25) is 0 Å². The number of carboxylic acids is 1. The number of carbonyl (C=O) groups is 1. The van der Waals surface area contributed by atoms with E-state index in [2.05, 4.69) is 65.5 Å². The largest absolute Gasteiger partial charge is 0.494 e. The first-order valence-electron chi connectivity index (χ1n) is 13.9. The average molecular weight is 541 g/mol. The zero-order valence-corrected chi connectivity index (χ0v) is 23.8. The molecule has 1 aliphatic heterocycles. The van der Waals surface area contributed by atoms with Gasteiger partial charge in [0.25, 0.3) is 0 Å².